The molecule has 2 rings (SSSR count). The Morgan fingerprint density at radius 1 is 1.00 bits per heavy atom. The van der Waals surface area contributed by atoms with Crippen LogP contribution in [-0.2, 0) is 9.59 Å². The molecule has 2 amide bonds. The predicted molar refractivity (Wildman–Crippen MR) is 105 cm³/mol. The third-order valence-electron chi connectivity index (χ3n) is 3.95. The molecule has 144 valence electrons. The Labute approximate surface area is 159 Å². The third kappa shape index (κ3) is 9.34. The summed E-state index contributed by atoms with van der Waals surface area (Å²) in [6.45, 7) is 0. The van der Waals surface area contributed by atoms with E-state index in [2.05, 4.69) is 21.1 Å². The van der Waals surface area contributed by atoms with E-state index >= 15 is 0 Å². The molecule has 1 aliphatic carbocycles. The number of nitrogens with one attached hydrogen (secondary N) is 2. The van der Waals surface area contributed by atoms with Crippen molar-refractivity contribution in [3.05, 3.63) is 48.0 Å². The highest BCUT2D eigenvalue weighted by Gasteiger charge is 2.02. The van der Waals surface area contributed by atoms with Crippen LogP contribution in [0.5, 0.6) is 0 Å². The molecule has 0 aliphatic heterocycles. The quantitative estimate of drug-likeness (QED) is 0.335. The van der Waals surface area contributed by atoms with E-state index in [1.54, 1.807) is 24.6 Å². The average Bonchev–Trinajstić information content (AvgIpc) is 3.35. The maximum atomic E-state index is 11.6. The van der Waals surface area contributed by atoms with E-state index < -0.39 is 0 Å². The van der Waals surface area contributed by atoms with Gasteiger partial charge in [0.2, 0.25) is 11.8 Å². The Hall–Kier alpha value is -2.96. The number of hydrogen-bond acceptors (Lipinski definition) is 5. The SMILES string of the molecule is O=C(CCCCCCCC(=O)N/N=C\c1ccco1)N/N=C\C1=CC=CC1. The van der Waals surface area contributed by atoms with Crippen LogP contribution in [0.1, 0.15) is 57.1 Å². The minimum atomic E-state index is -0.109. The number of furan rings is 1. The Balaban J connectivity index is 1.40. The minimum Gasteiger partial charge on any atom is -0.463 e. The van der Waals surface area contributed by atoms with E-state index in [9.17, 15) is 9.59 Å². The number of carbonyl (C=O) groups is 2. The van der Waals surface area contributed by atoms with Crippen LogP contribution in [0, 0.1) is 0 Å². The smallest absolute Gasteiger partial charge is 0.240 e. The number of amides is 2. The van der Waals surface area contributed by atoms with Crippen molar-refractivity contribution in [1.82, 2.24) is 10.9 Å². The van der Waals surface area contributed by atoms with Gasteiger partial charge in [-0.1, -0.05) is 37.5 Å². The lowest BCUT2D eigenvalue weighted by atomic mass is 10.1. The number of allylic oxidation sites excluding steroid dienone is 4. The van der Waals surface area contributed by atoms with Gasteiger partial charge in [-0.25, -0.2) is 10.9 Å². The molecule has 2 N–H and O–H groups in total. The summed E-state index contributed by atoms with van der Waals surface area (Å²) in [5, 5.41) is 7.78. The number of nitrogens with zero attached hydrogens (tertiary/aromatic N) is 2. The van der Waals surface area contributed by atoms with Crippen LogP contribution in [0.2, 0.25) is 0 Å². The van der Waals surface area contributed by atoms with Crippen LogP contribution >= 0.6 is 0 Å². The molecule has 7 heteroatoms. The van der Waals surface area contributed by atoms with E-state index in [1.807, 2.05) is 18.2 Å². The first-order valence-electron chi connectivity index (χ1n) is 9.27. The lowest BCUT2D eigenvalue weighted by molar-refractivity contribution is -0.121. The largest absolute Gasteiger partial charge is 0.463 e. The highest BCUT2D eigenvalue weighted by atomic mass is 16.3. The third-order valence-corrected chi connectivity index (χ3v) is 3.95. The number of hydrogen-bond donors (Lipinski definition) is 2. The molecular weight excluding hydrogens is 344 g/mol. The molecule has 0 unspecified atom stereocenters. The Morgan fingerprint density at radius 2 is 1.67 bits per heavy atom. The molecule has 1 aromatic rings. The molecule has 0 atom stereocenters. The van der Waals surface area contributed by atoms with Crippen molar-refractivity contribution in [3.8, 4) is 0 Å². The van der Waals surface area contributed by atoms with Crippen molar-refractivity contribution in [3.63, 3.8) is 0 Å². The monoisotopic (exact) mass is 370 g/mol. The number of carbonyl (C=O) groups excluding carboxylic acids is 2. The van der Waals surface area contributed by atoms with Crippen LogP contribution < -0.4 is 10.9 Å². The molecule has 7 nitrogen and oxygen atoms in total. The fourth-order valence-corrected chi connectivity index (χ4v) is 2.49. The summed E-state index contributed by atoms with van der Waals surface area (Å²) >= 11 is 0. The molecule has 27 heavy (non-hydrogen) atoms. The summed E-state index contributed by atoms with van der Waals surface area (Å²) in [5.74, 6) is 0.423. The maximum Gasteiger partial charge on any atom is 0.240 e. The molecule has 1 aliphatic rings. The molecule has 0 bridgehead atoms. The van der Waals surface area contributed by atoms with Gasteiger partial charge in [-0.05, 0) is 37.0 Å². The van der Waals surface area contributed by atoms with Gasteiger partial charge in [0, 0.05) is 12.8 Å². The standard InChI is InChI=1S/C20H26N4O3/c25-19(23-21-15-17-9-6-7-10-17)12-4-2-1-3-5-13-20(26)24-22-16-18-11-8-14-27-18/h6-9,11,14-16H,1-5,10,12-13H2,(H,23,25)(H,24,26)/b21-15-,22-16-. The summed E-state index contributed by atoms with van der Waals surface area (Å²) in [6, 6.07) is 3.51. The van der Waals surface area contributed by atoms with E-state index in [0.717, 1.165) is 44.1 Å². The van der Waals surface area contributed by atoms with Crippen LogP contribution in [-0.4, -0.2) is 24.2 Å². The zero-order valence-electron chi connectivity index (χ0n) is 15.4. The van der Waals surface area contributed by atoms with Crippen LogP contribution in [0.15, 0.2) is 56.8 Å². The number of unbranched alkanes of at least 4 members (excludes halogenated alkanes) is 4. The van der Waals surface area contributed by atoms with Crippen molar-refractivity contribution >= 4 is 24.2 Å². The molecule has 1 aromatic heterocycles. The van der Waals surface area contributed by atoms with Gasteiger partial charge in [0.15, 0.2) is 0 Å². The van der Waals surface area contributed by atoms with Crippen molar-refractivity contribution in [2.45, 2.75) is 51.4 Å². The van der Waals surface area contributed by atoms with Crippen molar-refractivity contribution in [2.24, 2.45) is 10.2 Å². The summed E-state index contributed by atoms with van der Waals surface area (Å²) in [5.41, 5.74) is 6.11. The number of hydrazone groups is 2. The zero-order valence-corrected chi connectivity index (χ0v) is 15.4. The molecular formula is C20H26N4O3. The predicted octanol–water partition coefficient (Wildman–Crippen LogP) is 3.45. The molecule has 0 aromatic carbocycles. The van der Waals surface area contributed by atoms with Crippen LogP contribution in [0.25, 0.3) is 0 Å². The lowest BCUT2D eigenvalue weighted by Crippen LogP contribution is -2.17. The fourth-order valence-electron chi connectivity index (χ4n) is 2.49. The van der Waals surface area contributed by atoms with E-state index in [1.165, 1.54) is 6.21 Å². The first-order chi connectivity index (χ1) is 13.2. The van der Waals surface area contributed by atoms with Crippen molar-refractivity contribution in [2.75, 3.05) is 0 Å². The van der Waals surface area contributed by atoms with Crippen LogP contribution in [0.3, 0.4) is 0 Å². The highest BCUT2D eigenvalue weighted by Crippen LogP contribution is 2.08. The lowest BCUT2D eigenvalue weighted by Gasteiger charge is -2.02. The van der Waals surface area contributed by atoms with Gasteiger partial charge in [0.25, 0.3) is 0 Å². The highest BCUT2D eigenvalue weighted by molar-refractivity contribution is 5.83. The van der Waals surface area contributed by atoms with Gasteiger partial charge in [0.05, 0.1) is 18.7 Å². The molecule has 0 radical (unpaired) electrons. The van der Waals surface area contributed by atoms with Gasteiger partial charge in [0.1, 0.15) is 5.76 Å². The second-order valence-electron chi connectivity index (χ2n) is 6.24. The van der Waals surface area contributed by atoms with Gasteiger partial charge in [-0.3, -0.25) is 9.59 Å². The van der Waals surface area contributed by atoms with Crippen LogP contribution in [0.4, 0.5) is 0 Å². The van der Waals surface area contributed by atoms with Gasteiger partial charge >= 0.3 is 0 Å². The molecule has 0 spiro atoms. The van der Waals surface area contributed by atoms with Crippen molar-refractivity contribution < 1.29 is 14.0 Å². The Bertz CT molecular complexity index is 703. The average molecular weight is 370 g/mol. The zero-order chi connectivity index (χ0) is 19.2. The Morgan fingerprint density at radius 3 is 2.26 bits per heavy atom. The minimum absolute atomic E-state index is 0.0633. The van der Waals surface area contributed by atoms with E-state index in [0.29, 0.717) is 18.6 Å². The summed E-state index contributed by atoms with van der Waals surface area (Å²) in [7, 11) is 0. The summed E-state index contributed by atoms with van der Waals surface area (Å²) < 4.78 is 5.07. The van der Waals surface area contributed by atoms with Gasteiger partial charge in [-0.2, -0.15) is 10.2 Å². The Kier molecular flexibility index (Phi) is 9.35. The summed E-state index contributed by atoms with van der Waals surface area (Å²) in [6.07, 6.45) is 17.0. The molecule has 0 fully saturated rings. The van der Waals surface area contributed by atoms with E-state index in [-0.39, 0.29) is 11.8 Å². The molecule has 0 saturated heterocycles. The first kappa shape index (κ1) is 20.4. The number of rotatable bonds is 12. The maximum absolute atomic E-state index is 11.6. The second-order valence-corrected chi connectivity index (χ2v) is 6.24. The summed E-state index contributed by atoms with van der Waals surface area (Å²) in [4.78, 5) is 23.3. The van der Waals surface area contributed by atoms with Gasteiger partial charge < -0.3 is 4.42 Å². The molecule has 1 heterocycles. The van der Waals surface area contributed by atoms with Crippen molar-refractivity contribution in [1.29, 1.82) is 0 Å². The van der Waals surface area contributed by atoms with E-state index in [4.69, 9.17) is 4.42 Å². The second kappa shape index (κ2) is 12.4. The first-order valence-corrected chi connectivity index (χ1v) is 9.27. The normalized spacial score (nSPS) is 13.4. The molecule has 0 saturated carbocycles. The van der Waals surface area contributed by atoms with Gasteiger partial charge in [-0.15, -0.1) is 0 Å². The fraction of sp³-hybridized carbons (Fsp3) is 0.400. The topological polar surface area (TPSA) is 96.1 Å².